The molecule has 120 valence electrons. The topological polar surface area (TPSA) is 56.7 Å². The summed E-state index contributed by atoms with van der Waals surface area (Å²) in [7, 11) is 0. The highest BCUT2D eigenvalue weighted by molar-refractivity contribution is 14.0. The molecule has 0 fully saturated rings. The summed E-state index contributed by atoms with van der Waals surface area (Å²) in [6.45, 7) is 4.07. The van der Waals surface area contributed by atoms with Crippen LogP contribution in [0.3, 0.4) is 0 Å². The van der Waals surface area contributed by atoms with Crippen LogP contribution < -0.4 is 10.6 Å². The molecule has 1 rings (SSSR count). The first-order valence-corrected chi connectivity index (χ1v) is 7.50. The van der Waals surface area contributed by atoms with Crippen molar-refractivity contribution >= 4 is 53.1 Å². The molecule has 0 aliphatic heterocycles. The number of hydrogen-bond donors (Lipinski definition) is 3. The number of hydrogen-bond acceptors (Lipinski definition) is 2. The van der Waals surface area contributed by atoms with Gasteiger partial charge in [-0.2, -0.15) is 0 Å². The summed E-state index contributed by atoms with van der Waals surface area (Å²) in [6.07, 6.45) is 1.76. The molecule has 3 N–H and O–H groups in total. The highest BCUT2D eigenvalue weighted by atomic mass is 127. The largest absolute Gasteiger partial charge is 0.395 e. The highest BCUT2D eigenvalue weighted by Crippen LogP contribution is 2.21. The number of nitrogens with zero attached hydrogens (tertiary/aromatic N) is 1. The number of aryl methyl sites for hydroxylation is 1. The van der Waals surface area contributed by atoms with Gasteiger partial charge in [-0.25, -0.2) is 0 Å². The second-order valence-corrected chi connectivity index (χ2v) is 5.09. The lowest BCUT2D eigenvalue weighted by atomic mass is 10.1. The van der Waals surface area contributed by atoms with Crippen molar-refractivity contribution in [2.24, 2.45) is 4.99 Å². The van der Waals surface area contributed by atoms with Gasteiger partial charge in [0.2, 0.25) is 0 Å². The average molecular weight is 446 g/mol. The Morgan fingerprint density at radius 2 is 2.05 bits per heavy atom. The Balaban J connectivity index is 0.00000400. The molecule has 0 radical (unpaired) electrons. The van der Waals surface area contributed by atoms with Gasteiger partial charge < -0.3 is 15.7 Å². The molecule has 0 aliphatic carbocycles. The van der Waals surface area contributed by atoms with Gasteiger partial charge >= 0.3 is 0 Å². The Labute approximate surface area is 153 Å². The maximum absolute atomic E-state index is 8.79. The molecular formula is C14H22Cl2IN3O. The second kappa shape index (κ2) is 12.3. The van der Waals surface area contributed by atoms with Gasteiger partial charge in [0.1, 0.15) is 0 Å². The Morgan fingerprint density at radius 3 is 2.67 bits per heavy atom. The van der Waals surface area contributed by atoms with Crippen LogP contribution in [-0.4, -0.2) is 37.3 Å². The van der Waals surface area contributed by atoms with Crippen molar-refractivity contribution in [1.29, 1.82) is 0 Å². The zero-order valence-electron chi connectivity index (χ0n) is 12.0. The van der Waals surface area contributed by atoms with Crippen LogP contribution in [0.2, 0.25) is 10.0 Å². The van der Waals surface area contributed by atoms with Crippen LogP contribution in [0.15, 0.2) is 23.2 Å². The van der Waals surface area contributed by atoms with Gasteiger partial charge in [0.15, 0.2) is 5.96 Å². The van der Waals surface area contributed by atoms with Crippen LogP contribution in [0.4, 0.5) is 0 Å². The third-order valence-electron chi connectivity index (χ3n) is 2.64. The SMILES string of the molecule is CCNC(=NCCCc1ccc(Cl)cc1Cl)NCCO.I. The van der Waals surface area contributed by atoms with Gasteiger partial charge in [0.25, 0.3) is 0 Å². The first-order chi connectivity index (χ1) is 9.67. The summed E-state index contributed by atoms with van der Waals surface area (Å²) in [5, 5.41) is 16.3. The number of aliphatic imine (C=N–C) groups is 1. The maximum Gasteiger partial charge on any atom is 0.191 e. The third-order valence-corrected chi connectivity index (χ3v) is 3.22. The molecule has 1 aromatic carbocycles. The van der Waals surface area contributed by atoms with E-state index in [1.54, 1.807) is 6.07 Å². The van der Waals surface area contributed by atoms with E-state index in [0.29, 0.717) is 23.1 Å². The Morgan fingerprint density at radius 1 is 1.29 bits per heavy atom. The predicted molar refractivity (Wildman–Crippen MR) is 101 cm³/mol. The summed E-state index contributed by atoms with van der Waals surface area (Å²) in [6, 6.07) is 5.55. The van der Waals surface area contributed by atoms with Crippen molar-refractivity contribution < 1.29 is 5.11 Å². The van der Waals surface area contributed by atoms with Gasteiger partial charge in [-0.3, -0.25) is 4.99 Å². The molecule has 0 bridgehead atoms. The molecule has 0 saturated carbocycles. The third kappa shape index (κ3) is 8.70. The smallest absolute Gasteiger partial charge is 0.191 e. The van der Waals surface area contributed by atoms with Gasteiger partial charge in [0, 0.05) is 29.7 Å². The minimum atomic E-state index is 0. The Hall–Kier alpha value is -0.240. The lowest BCUT2D eigenvalue weighted by Crippen LogP contribution is -2.38. The van der Waals surface area contributed by atoms with E-state index in [-0.39, 0.29) is 30.6 Å². The maximum atomic E-state index is 8.79. The molecule has 0 saturated heterocycles. The van der Waals surface area contributed by atoms with Crippen molar-refractivity contribution in [2.45, 2.75) is 19.8 Å². The monoisotopic (exact) mass is 445 g/mol. The molecule has 0 heterocycles. The Kier molecular flexibility index (Phi) is 12.2. The van der Waals surface area contributed by atoms with Crippen LogP contribution in [0.25, 0.3) is 0 Å². The van der Waals surface area contributed by atoms with Crippen LogP contribution >= 0.6 is 47.2 Å². The molecule has 0 spiro atoms. The fourth-order valence-electron chi connectivity index (χ4n) is 1.70. The van der Waals surface area contributed by atoms with E-state index < -0.39 is 0 Å². The van der Waals surface area contributed by atoms with E-state index in [2.05, 4.69) is 15.6 Å². The van der Waals surface area contributed by atoms with E-state index in [1.165, 1.54) is 0 Å². The van der Waals surface area contributed by atoms with E-state index in [1.807, 2.05) is 19.1 Å². The van der Waals surface area contributed by atoms with Gasteiger partial charge in [0.05, 0.1) is 6.61 Å². The summed E-state index contributed by atoms with van der Waals surface area (Å²) >= 11 is 12.0. The van der Waals surface area contributed by atoms with Crippen molar-refractivity contribution in [3.8, 4) is 0 Å². The quantitative estimate of drug-likeness (QED) is 0.261. The van der Waals surface area contributed by atoms with Crippen molar-refractivity contribution in [2.75, 3.05) is 26.2 Å². The first-order valence-electron chi connectivity index (χ1n) is 6.74. The lowest BCUT2D eigenvalue weighted by molar-refractivity contribution is 0.300. The molecule has 0 atom stereocenters. The van der Waals surface area contributed by atoms with Crippen molar-refractivity contribution in [3.05, 3.63) is 33.8 Å². The summed E-state index contributed by atoms with van der Waals surface area (Å²) in [5.41, 5.74) is 1.08. The minimum Gasteiger partial charge on any atom is -0.395 e. The molecule has 21 heavy (non-hydrogen) atoms. The molecule has 0 aliphatic rings. The molecule has 7 heteroatoms. The number of aliphatic hydroxyl groups excluding tert-OH is 1. The van der Waals surface area contributed by atoms with E-state index in [4.69, 9.17) is 28.3 Å². The number of benzene rings is 1. The van der Waals surface area contributed by atoms with Gasteiger partial charge in [-0.15, -0.1) is 24.0 Å². The predicted octanol–water partition coefficient (Wildman–Crippen LogP) is 3.09. The molecule has 0 aromatic heterocycles. The van der Waals surface area contributed by atoms with Crippen molar-refractivity contribution in [1.82, 2.24) is 10.6 Å². The van der Waals surface area contributed by atoms with Crippen molar-refractivity contribution in [3.63, 3.8) is 0 Å². The summed E-state index contributed by atoms with van der Waals surface area (Å²) < 4.78 is 0. The molecule has 0 amide bonds. The van der Waals surface area contributed by atoms with Crippen LogP contribution in [0.1, 0.15) is 18.9 Å². The van der Waals surface area contributed by atoms with Crippen LogP contribution in [0.5, 0.6) is 0 Å². The number of guanidine groups is 1. The number of aliphatic hydroxyl groups is 1. The minimum absolute atomic E-state index is 0. The average Bonchev–Trinajstić information content (AvgIpc) is 2.42. The fraction of sp³-hybridized carbons (Fsp3) is 0.500. The van der Waals surface area contributed by atoms with E-state index >= 15 is 0 Å². The molecule has 4 nitrogen and oxygen atoms in total. The normalized spacial score (nSPS) is 11.0. The number of halogens is 3. The summed E-state index contributed by atoms with van der Waals surface area (Å²) in [4.78, 5) is 4.43. The second-order valence-electron chi connectivity index (χ2n) is 4.25. The standard InChI is InChI=1S/C14H21Cl2N3O.HI/c1-2-17-14(19-8-9-20)18-7-3-4-11-5-6-12(15)10-13(11)16;/h5-6,10,20H,2-4,7-9H2,1H3,(H2,17,18,19);1H. The van der Waals surface area contributed by atoms with E-state index in [9.17, 15) is 0 Å². The molecule has 1 aromatic rings. The molecular weight excluding hydrogens is 424 g/mol. The first kappa shape index (κ1) is 20.8. The van der Waals surface area contributed by atoms with Crippen LogP contribution in [0, 0.1) is 0 Å². The Bertz CT molecular complexity index is 444. The summed E-state index contributed by atoms with van der Waals surface area (Å²) in [5.74, 6) is 0.726. The van der Waals surface area contributed by atoms with Crippen LogP contribution in [-0.2, 0) is 6.42 Å². The fourth-order valence-corrected chi connectivity index (χ4v) is 2.20. The van der Waals surface area contributed by atoms with E-state index in [0.717, 1.165) is 30.9 Å². The highest BCUT2D eigenvalue weighted by Gasteiger charge is 2.01. The number of rotatable bonds is 7. The number of nitrogens with one attached hydrogen (secondary N) is 2. The molecule has 0 unspecified atom stereocenters. The zero-order chi connectivity index (χ0) is 14.8. The van der Waals surface area contributed by atoms with Gasteiger partial charge in [-0.1, -0.05) is 29.3 Å². The van der Waals surface area contributed by atoms with Gasteiger partial charge in [-0.05, 0) is 37.5 Å². The lowest BCUT2D eigenvalue weighted by Gasteiger charge is -2.10. The zero-order valence-corrected chi connectivity index (χ0v) is 15.9.